The lowest BCUT2D eigenvalue weighted by Crippen LogP contribution is -2.54. The quantitative estimate of drug-likeness (QED) is 0.236. The minimum atomic E-state index is -0.982. The minimum absolute atomic E-state index is 0.0405. The van der Waals surface area contributed by atoms with Gasteiger partial charge < -0.3 is 20.3 Å². The number of carbonyl (C=O) groups excluding carboxylic acids is 5. The van der Waals surface area contributed by atoms with Crippen molar-refractivity contribution in [1.29, 1.82) is 5.26 Å². The zero-order valence-corrected chi connectivity index (χ0v) is 31.9. The third kappa shape index (κ3) is 6.87. The number of nitrogens with two attached hydrogens (primary N) is 1. The monoisotopic (exact) mass is 781 g/mol. The lowest BCUT2D eigenvalue weighted by Gasteiger charge is -2.40. The fraction of sp³-hybridized carbons (Fsp3) is 0.395. The summed E-state index contributed by atoms with van der Waals surface area (Å²) in [5.74, 6) is -0.377. The Labute approximate surface area is 334 Å². The number of primary amides is 1. The largest absolute Gasteiger partial charge is 0.490 e. The summed E-state index contributed by atoms with van der Waals surface area (Å²) in [6, 6.07) is 17.5. The Morgan fingerprint density at radius 1 is 0.897 bits per heavy atom. The molecule has 1 saturated carbocycles. The fourth-order valence-corrected chi connectivity index (χ4v) is 9.12. The van der Waals surface area contributed by atoms with Gasteiger partial charge in [0.05, 0.1) is 33.5 Å². The van der Waals surface area contributed by atoms with Crippen LogP contribution < -0.4 is 25.6 Å². The number of benzene rings is 2. The third-order valence-corrected chi connectivity index (χ3v) is 12.4. The van der Waals surface area contributed by atoms with Crippen molar-refractivity contribution in [3.8, 4) is 11.8 Å². The number of nitrogens with one attached hydrogen (secondary N) is 1. The standard InChI is InChI=1S/C43H43N9O6/c44-23-26-3-8-35(31-2-1-13-46-38(26)31)58-29-20-27(21-29)39-32(40(45)54)6-9-36(47-39)51-14-11-25(12-15-51)24-49-16-18-50(19-17-49)28-4-5-30-33(22-28)43(57)52(42(30)56)34-7-10-37(53)48-41(34)55/h1-6,8-9,13,22,25,27,29,34H,7,10-12,14-21,24H2,(H2,45,54)(H,48,53,55)/t27-,29-,34?. The second kappa shape index (κ2) is 15.2. The number of hydrogen-bond acceptors (Lipinski definition) is 12. The number of hydrogen-bond donors (Lipinski definition) is 2. The van der Waals surface area contributed by atoms with Gasteiger partial charge in [-0.05, 0) is 92.6 Å². The highest BCUT2D eigenvalue weighted by Gasteiger charge is 2.45. The molecule has 5 aliphatic rings. The minimum Gasteiger partial charge on any atom is -0.490 e. The number of piperidine rings is 2. The summed E-state index contributed by atoms with van der Waals surface area (Å²) < 4.78 is 6.36. The number of pyridine rings is 2. The predicted molar refractivity (Wildman–Crippen MR) is 212 cm³/mol. The molecule has 296 valence electrons. The maximum Gasteiger partial charge on any atom is 0.262 e. The van der Waals surface area contributed by atoms with E-state index in [1.807, 2.05) is 36.4 Å². The van der Waals surface area contributed by atoms with Crippen LogP contribution >= 0.6 is 0 Å². The second-order valence-electron chi connectivity index (χ2n) is 15.9. The Bertz CT molecular complexity index is 2390. The van der Waals surface area contributed by atoms with Crippen molar-refractivity contribution < 1.29 is 28.7 Å². The molecule has 2 aromatic carbocycles. The summed E-state index contributed by atoms with van der Waals surface area (Å²) in [4.78, 5) is 80.5. The van der Waals surface area contributed by atoms with Crippen LogP contribution in [0.5, 0.6) is 5.75 Å². The molecule has 4 fully saturated rings. The zero-order chi connectivity index (χ0) is 40.1. The average Bonchev–Trinajstić information content (AvgIpc) is 3.47. The van der Waals surface area contributed by atoms with E-state index in [1.165, 1.54) is 0 Å². The van der Waals surface area contributed by atoms with Crippen molar-refractivity contribution in [3.63, 3.8) is 0 Å². The topological polar surface area (TPSA) is 195 Å². The van der Waals surface area contributed by atoms with Gasteiger partial charge in [0.1, 0.15) is 29.8 Å². The first-order chi connectivity index (χ1) is 28.1. The zero-order valence-electron chi connectivity index (χ0n) is 31.9. The van der Waals surface area contributed by atoms with E-state index in [-0.39, 0.29) is 30.4 Å². The number of carbonyl (C=O) groups is 5. The van der Waals surface area contributed by atoms with E-state index in [9.17, 15) is 29.2 Å². The highest BCUT2D eigenvalue weighted by molar-refractivity contribution is 6.23. The number of amides is 5. The molecule has 15 nitrogen and oxygen atoms in total. The molecule has 6 heterocycles. The van der Waals surface area contributed by atoms with Crippen LogP contribution in [-0.4, -0.2) is 107 Å². The lowest BCUT2D eigenvalue weighted by molar-refractivity contribution is -0.136. The molecular weight excluding hydrogens is 739 g/mol. The summed E-state index contributed by atoms with van der Waals surface area (Å²) in [6.07, 6.45) is 5.25. The van der Waals surface area contributed by atoms with Crippen LogP contribution in [0.25, 0.3) is 10.9 Å². The van der Waals surface area contributed by atoms with Crippen LogP contribution in [0.1, 0.15) is 86.8 Å². The molecule has 1 unspecified atom stereocenters. The number of anilines is 2. The highest BCUT2D eigenvalue weighted by atomic mass is 16.5. The molecule has 3 saturated heterocycles. The molecule has 0 radical (unpaired) electrons. The Kier molecular flexibility index (Phi) is 9.72. The summed E-state index contributed by atoms with van der Waals surface area (Å²) in [7, 11) is 0. The van der Waals surface area contributed by atoms with Gasteiger partial charge in [-0.2, -0.15) is 5.26 Å². The van der Waals surface area contributed by atoms with Crippen LogP contribution in [0, 0.1) is 17.2 Å². The van der Waals surface area contributed by atoms with Crippen molar-refractivity contribution >= 4 is 51.9 Å². The molecule has 0 spiro atoms. The molecule has 3 N–H and O–H groups in total. The molecule has 2 aromatic heterocycles. The third-order valence-electron chi connectivity index (χ3n) is 12.4. The number of imide groups is 2. The van der Waals surface area contributed by atoms with E-state index in [0.717, 1.165) is 86.1 Å². The van der Waals surface area contributed by atoms with Gasteiger partial charge in [0.2, 0.25) is 11.8 Å². The average molecular weight is 782 g/mol. The van der Waals surface area contributed by atoms with Crippen molar-refractivity contribution in [2.45, 2.75) is 56.6 Å². The number of fused-ring (bicyclic) bond motifs is 2. The first-order valence-electron chi connectivity index (χ1n) is 20.0. The van der Waals surface area contributed by atoms with Gasteiger partial charge in [-0.3, -0.25) is 44.1 Å². The van der Waals surface area contributed by atoms with Gasteiger partial charge in [-0.25, -0.2) is 4.98 Å². The molecule has 1 atom stereocenters. The Morgan fingerprint density at radius 2 is 1.67 bits per heavy atom. The summed E-state index contributed by atoms with van der Waals surface area (Å²) >= 11 is 0. The molecular formula is C43H43N9O6. The van der Waals surface area contributed by atoms with E-state index in [4.69, 9.17) is 15.5 Å². The lowest BCUT2D eigenvalue weighted by atomic mass is 9.78. The Hall–Kier alpha value is -6.40. The van der Waals surface area contributed by atoms with Crippen LogP contribution in [0.15, 0.2) is 60.8 Å². The van der Waals surface area contributed by atoms with E-state index in [1.54, 1.807) is 24.4 Å². The van der Waals surface area contributed by atoms with Gasteiger partial charge in [0.15, 0.2) is 0 Å². The second-order valence-corrected chi connectivity index (χ2v) is 15.9. The molecule has 0 bridgehead atoms. The summed E-state index contributed by atoms with van der Waals surface area (Å²) in [5.41, 5.74) is 9.55. The van der Waals surface area contributed by atoms with E-state index >= 15 is 0 Å². The summed E-state index contributed by atoms with van der Waals surface area (Å²) in [6.45, 7) is 6.02. The molecule has 15 heteroatoms. The van der Waals surface area contributed by atoms with E-state index in [0.29, 0.717) is 46.7 Å². The highest BCUT2D eigenvalue weighted by Crippen LogP contribution is 2.42. The summed E-state index contributed by atoms with van der Waals surface area (Å²) in [5, 5.41) is 12.5. The number of aromatic nitrogens is 2. The normalized spacial score (nSPS) is 22.7. The van der Waals surface area contributed by atoms with Gasteiger partial charge >= 0.3 is 0 Å². The number of piperazine rings is 1. The molecule has 4 aliphatic heterocycles. The molecule has 58 heavy (non-hydrogen) atoms. The van der Waals surface area contributed by atoms with Crippen LogP contribution in [-0.2, 0) is 9.59 Å². The van der Waals surface area contributed by atoms with Crippen molar-refractivity contribution in [3.05, 3.63) is 88.7 Å². The fourth-order valence-electron chi connectivity index (χ4n) is 9.12. The smallest absolute Gasteiger partial charge is 0.262 e. The molecule has 9 rings (SSSR count). The molecule has 4 aromatic rings. The molecule has 5 amide bonds. The first kappa shape index (κ1) is 37.2. The first-order valence-corrected chi connectivity index (χ1v) is 20.0. The maximum absolute atomic E-state index is 13.4. The Balaban J connectivity index is 0.772. The van der Waals surface area contributed by atoms with Crippen LogP contribution in [0.4, 0.5) is 11.5 Å². The number of ether oxygens (including phenoxy) is 1. The van der Waals surface area contributed by atoms with Gasteiger partial charge in [-0.15, -0.1) is 0 Å². The van der Waals surface area contributed by atoms with Gasteiger partial charge in [-0.1, -0.05) is 0 Å². The number of nitrogens with zero attached hydrogens (tertiary/aromatic N) is 7. The Morgan fingerprint density at radius 3 is 2.41 bits per heavy atom. The van der Waals surface area contributed by atoms with Crippen LogP contribution in [0.3, 0.4) is 0 Å². The van der Waals surface area contributed by atoms with Gasteiger partial charge in [0, 0.05) is 75.4 Å². The van der Waals surface area contributed by atoms with Crippen molar-refractivity contribution in [2.24, 2.45) is 11.7 Å². The number of nitriles is 1. The SMILES string of the molecule is N#Cc1ccc(O[C@H]2C[C@H](c3nc(N4CCC(CN5CCN(c6ccc7c(c6)C(=O)N(C6CCC(=O)NC6=O)C7=O)CC5)CC4)ccc3C(N)=O)C2)c2cccnc12. The predicted octanol–water partition coefficient (Wildman–Crippen LogP) is 3.37. The van der Waals surface area contributed by atoms with Crippen molar-refractivity contribution in [1.82, 2.24) is 25.1 Å². The van der Waals surface area contributed by atoms with E-state index in [2.05, 4.69) is 31.1 Å². The van der Waals surface area contributed by atoms with Gasteiger partial charge in [0.25, 0.3) is 17.7 Å². The number of rotatable bonds is 9. The van der Waals surface area contributed by atoms with Crippen molar-refractivity contribution in [2.75, 3.05) is 55.6 Å². The van der Waals surface area contributed by atoms with Crippen LogP contribution in [0.2, 0.25) is 0 Å². The van der Waals surface area contributed by atoms with E-state index < -0.39 is 35.6 Å². The molecule has 1 aliphatic carbocycles. The maximum atomic E-state index is 13.4.